The van der Waals surface area contributed by atoms with Crippen molar-refractivity contribution in [1.82, 2.24) is 0 Å². The van der Waals surface area contributed by atoms with E-state index in [1.807, 2.05) is 0 Å². The lowest BCUT2D eigenvalue weighted by molar-refractivity contribution is 0.0302. The SMILES string of the molecule is CCOC1CCC(C=CC#CC=CC2CCC(CC)CC2)CC1. The van der Waals surface area contributed by atoms with Crippen molar-refractivity contribution in [2.75, 3.05) is 6.61 Å². The summed E-state index contributed by atoms with van der Waals surface area (Å²) in [5, 5.41) is 0. The van der Waals surface area contributed by atoms with Gasteiger partial charge in [0.25, 0.3) is 0 Å². The molecule has 0 bridgehead atoms. The Morgan fingerprint density at radius 2 is 1.30 bits per heavy atom. The van der Waals surface area contributed by atoms with Gasteiger partial charge >= 0.3 is 0 Å². The summed E-state index contributed by atoms with van der Waals surface area (Å²) in [7, 11) is 0. The van der Waals surface area contributed by atoms with Gasteiger partial charge in [-0.05, 0) is 88.2 Å². The molecule has 2 aliphatic carbocycles. The Hall–Kier alpha value is -1.00. The molecule has 0 aromatic carbocycles. The summed E-state index contributed by atoms with van der Waals surface area (Å²) in [6.07, 6.45) is 21.1. The van der Waals surface area contributed by atoms with Crippen LogP contribution in [0, 0.1) is 29.6 Å². The van der Waals surface area contributed by atoms with Gasteiger partial charge in [0.1, 0.15) is 0 Å². The standard InChI is InChI=1S/C22H34O/c1-3-19-11-13-20(14-12-19)9-7-5-6-8-10-21-15-17-22(18-16-21)23-4-2/h7-10,19-22H,3-4,11-18H2,1-2H3. The molecule has 2 saturated carbocycles. The normalized spacial score (nSPS) is 32.1. The number of ether oxygens (including phenoxy) is 1. The third kappa shape index (κ3) is 6.96. The highest BCUT2D eigenvalue weighted by Gasteiger charge is 2.19. The maximum absolute atomic E-state index is 5.70. The summed E-state index contributed by atoms with van der Waals surface area (Å²) in [5.74, 6) is 8.81. The first-order chi connectivity index (χ1) is 11.3. The van der Waals surface area contributed by atoms with Crippen LogP contribution in [0.15, 0.2) is 24.3 Å². The Bertz CT molecular complexity index is 421. The second kappa shape index (κ2) is 10.7. The van der Waals surface area contributed by atoms with Crippen LogP contribution in [0.1, 0.15) is 71.6 Å². The molecule has 0 aliphatic heterocycles. The lowest BCUT2D eigenvalue weighted by atomic mass is 9.81. The highest BCUT2D eigenvalue weighted by molar-refractivity contribution is 5.24. The molecule has 1 heteroatoms. The molecule has 1 nitrogen and oxygen atoms in total. The van der Waals surface area contributed by atoms with Crippen molar-refractivity contribution in [2.45, 2.75) is 77.7 Å². The Kier molecular flexibility index (Phi) is 8.54. The molecule has 23 heavy (non-hydrogen) atoms. The van der Waals surface area contributed by atoms with E-state index >= 15 is 0 Å². The van der Waals surface area contributed by atoms with Crippen molar-refractivity contribution in [2.24, 2.45) is 17.8 Å². The highest BCUT2D eigenvalue weighted by Crippen LogP contribution is 2.31. The fraction of sp³-hybridized carbons (Fsp3) is 0.727. The van der Waals surface area contributed by atoms with Crippen LogP contribution in [0.4, 0.5) is 0 Å². The van der Waals surface area contributed by atoms with E-state index in [0.29, 0.717) is 12.0 Å². The van der Waals surface area contributed by atoms with Crippen LogP contribution in [0.5, 0.6) is 0 Å². The minimum atomic E-state index is 0.501. The second-order valence-electron chi connectivity index (χ2n) is 7.19. The number of hydrogen-bond donors (Lipinski definition) is 0. The zero-order valence-electron chi connectivity index (χ0n) is 15.1. The Balaban J connectivity index is 1.63. The van der Waals surface area contributed by atoms with Gasteiger partial charge in [0.05, 0.1) is 6.10 Å². The zero-order valence-corrected chi connectivity index (χ0v) is 15.1. The van der Waals surface area contributed by atoms with E-state index in [4.69, 9.17) is 4.74 Å². The topological polar surface area (TPSA) is 9.23 Å². The summed E-state index contributed by atoms with van der Waals surface area (Å²) in [4.78, 5) is 0. The zero-order chi connectivity index (χ0) is 16.3. The number of hydrogen-bond acceptors (Lipinski definition) is 1. The Labute approximate surface area is 143 Å². The van der Waals surface area contributed by atoms with Crippen molar-refractivity contribution >= 4 is 0 Å². The lowest BCUT2D eigenvalue weighted by Gasteiger charge is -2.26. The molecule has 128 valence electrons. The minimum absolute atomic E-state index is 0.501. The molecule has 0 saturated heterocycles. The first-order valence-corrected chi connectivity index (χ1v) is 9.77. The molecule has 0 heterocycles. The van der Waals surface area contributed by atoms with E-state index in [1.165, 1.54) is 57.8 Å². The van der Waals surface area contributed by atoms with Gasteiger partial charge in [0.2, 0.25) is 0 Å². The summed E-state index contributed by atoms with van der Waals surface area (Å²) in [6.45, 7) is 5.26. The minimum Gasteiger partial charge on any atom is -0.379 e. The summed E-state index contributed by atoms with van der Waals surface area (Å²) in [5.41, 5.74) is 0. The van der Waals surface area contributed by atoms with Gasteiger partial charge < -0.3 is 4.74 Å². The molecule has 2 rings (SSSR count). The fourth-order valence-electron chi connectivity index (χ4n) is 3.94. The average Bonchev–Trinajstić information content (AvgIpc) is 2.60. The molecule has 0 N–H and O–H groups in total. The Morgan fingerprint density at radius 1 is 0.783 bits per heavy atom. The quantitative estimate of drug-likeness (QED) is 0.573. The smallest absolute Gasteiger partial charge is 0.0575 e. The summed E-state index contributed by atoms with van der Waals surface area (Å²) in [6, 6.07) is 0. The van der Waals surface area contributed by atoms with Gasteiger partial charge in [-0.15, -0.1) is 0 Å². The molecule has 0 amide bonds. The first-order valence-electron chi connectivity index (χ1n) is 9.77. The molecule has 0 aromatic heterocycles. The van der Waals surface area contributed by atoms with Crippen LogP contribution in [0.25, 0.3) is 0 Å². The van der Waals surface area contributed by atoms with Crippen LogP contribution in [-0.4, -0.2) is 12.7 Å². The van der Waals surface area contributed by atoms with Gasteiger partial charge in [-0.1, -0.05) is 37.3 Å². The molecule has 0 radical (unpaired) electrons. The fourth-order valence-corrected chi connectivity index (χ4v) is 3.94. The van der Waals surface area contributed by atoms with Crippen molar-refractivity contribution < 1.29 is 4.74 Å². The molecular weight excluding hydrogens is 280 g/mol. The monoisotopic (exact) mass is 314 g/mol. The summed E-state index contributed by atoms with van der Waals surface area (Å²) >= 11 is 0. The van der Waals surface area contributed by atoms with E-state index in [-0.39, 0.29) is 0 Å². The molecule has 2 fully saturated rings. The first kappa shape index (κ1) is 18.3. The third-order valence-electron chi connectivity index (χ3n) is 5.58. The molecule has 0 atom stereocenters. The molecule has 2 aliphatic rings. The predicted molar refractivity (Wildman–Crippen MR) is 99.2 cm³/mol. The number of rotatable bonds is 5. The molecule has 0 aromatic rings. The Morgan fingerprint density at radius 3 is 1.78 bits per heavy atom. The van der Waals surface area contributed by atoms with Crippen LogP contribution in [0.2, 0.25) is 0 Å². The van der Waals surface area contributed by atoms with Gasteiger partial charge in [-0.25, -0.2) is 0 Å². The highest BCUT2D eigenvalue weighted by atomic mass is 16.5. The van der Waals surface area contributed by atoms with E-state index in [1.54, 1.807) is 0 Å². The van der Waals surface area contributed by atoms with Crippen molar-refractivity contribution in [3.8, 4) is 11.8 Å². The third-order valence-corrected chi connectivity index (χ3v) is 5.58. The van der Waals surface area contributed by atoms with Crippen molar-refractivity contribution in [3.05, 3.63) is 24.3 Å². The summed E-state index contributed by atoms with van der Waals surface area (Å²) < 4.78 is 5.70. The van der Waals surface area contributed by atoms with E-state index in [0.717, 1.165) is 18.4 Å². The van der Waals surface area contributed by atoms with Crippen LogP contribution in [-0.2, 0) is 4.74 Å². The van der Waals surface area contributed by atoms with Gasteiger partial charge in [-0.2, -0.15) is 0 Å². The predicted octanol–water partition coefficient (Wildman–Crippen LogP) is 5.91. The maximum atomic E-state index is 5.70. The molecular formula is C22H34O. The van der Waals surface area contributed by atoms with Crippen molar-refractivity contribution in [3.63, 3.8) is 0 Å². The van der Waals surface area contributed by atoms with Crippen LogP contribution in [0.3, 0.4) is 0 Å². The van der Waals surface area contributed by atoms with E-state index < -0.39 is 0 Å². The van der Waals surface area contributed by atoms with Crippen LogP contribution < -0.4 is 0 Å². The molecule has 0 unspecified atom stereocenters. The van der Waals surface area contributed by atoms with Gasteiger partial charge in [0.15, 0.2) is 0 Å². The van der Waals surface area contributed by atoms with Crippen LogP contribution >= 0.6 is 0 Å². The molecule has 0 spiro atoms. The van der Waals surface area contributed by atoms with E-state index in [2.05, 4.69) is 50.0 Å². The largest absolute Gasteiger partial charge is 0.379 e. The van der Waals surface area contributed by atoms with Gasteiger partial charge in [0, 0.05) is 6.61 Å². The van der Waals surface area contributed by atoms with Gasteiger partial charge in [-0.3, -0.25) is 0 Å². The van der Waals surface area contributed by atoms with Crippen molar-refractivity contribution in [1.29, 1.82) is 0 Å². The maximum Gasteiger partial charge on any atom is 0.0575 e. The van der Waals surface area contributed by atoms with E-state index in [9.17, 15) is 0 Å². The second-order valence-corrected chi connectivity index (χ2v) is 7.19. The average molecular weight is 315 g/mol. The lowest BCUT2D eigenvalue weighted by Crippen LogP contribution is -2.20. The number of allylic oxidation sites excluding steroid dienone is 4.